The summed E-state index contributed by atoms with van der Waals surface area (Å²) in [5, 5.41) is 9.59. The quantitative estimate of drug-likeness (QED) is 0.806. The Morgan fingerprint density at radius 1 is 1.58 bits per heavy atom. The highest BCUT2D eigenvalue weighted by atomic mass is 127. The van der Waals surface area contributed by atoms with Gasteiger partial charge in [0.1, 0.15) is 5.69 Å². The zero-order valence-corrected chi connectivity index (χ0v) is 12.7. The van der Waals surface area contributed by atoms with Gasteiger partial charge in [0.05, 0.1) is 12.2 Å². The summed E-state index contributed by atoms with van der Waals surface area (Å²) in [6.07, 6.45) is 0. The van der Waals surface area contributed by atoms with Crippen molar-refractivity contribution in [1.29, 1.82) is 0 Å². The Morgan fingerprint density at radius 3 is 2.95 bits per heavy atom. The van der Waals surface area contributed by atoms with Crippen LogP contribution in [0.1, 0.15) is 16.2 Å². The lowest BCUT2D eigenvalue weighted by Crippen LogP contribution is -2.00. The van der Waals surface area contributed by atoms with Crippen LogP contribution in [0.25, 0.3) is 11.5 Å². The smallest absolute Gasteiger partial charge is 0.373 e. The third kappa shape index (κ3) is 3.07. The zero-order valence-electron chi connectivity index (χ0n) is 9.81. The van der Waals surface area contributed by atoms with Gasteiger partial charge in [0.15, 0.2) is 0 Å². The summed E-state index contributed by atoms with van der Waals surface area (Å²) in [5.74, 6) is -1.17. The number of rotatable bonds is 4. The number of hydrogen-bond acceptors (Lipinski definition) is 4. The summed E-state index contributed by atoms with van der Waals surface area (Å²) < 4.78 is 11.1. The highest BCUT2D eigenvalue weighted by molar-refractivity contribution is 14.1. The first-order valence-electron chi connectivity index (χ1n) is 5.20. The average Bonchev–Trinajstić information content (AvgIpc) is 2.77. The Hall–Kier alpha value is -1.12. The molecule has 1 aromatic carbocycles. The molecule has 2 rings (SSSR count). The number of aromatic carboxylic acids is 1. The molecule has 0 bridgehead atoms. The topological polar surface area (TPSA) is 72.6 Å². The van der Waals surface area contributed by atoms with E-state index in [0.29, 0.717) is 10.6 Å². The van der Waals surface area contributed by atoms with Crippen molar-refractivity contribution in [3.8, 4) is 11.5 Å². The molecule has 1 heterocycles. The second kappa shape index (κ2) is 5.89. The number of ether oxygens (including phenoxy) is 1. The minimum Gasteiger partial charge on any atom is -0.475 e. The molecule has 0 saturated carbocycles. The first-order valence-corrected chi connectivity index (χ1v) is 6.66. The highest BCUT2D eigenvalue weighted by Gasteiger charge is 2.21. The fourth-order valence-corrected chi connectivity index (χ4v) is 2.27. The summed E-state index contributed by atoms with van der Waals surface area (Å²) in [4.78, 5) is 15.2. The number of methoxy groups -OCH3 is 1. The molecule has 0 saturated heterocycles. The van der Waals surface area contributed by atoms with Crippen LogP contribution < -0.4 is 0 Å². The van der Waals surface area contributed by atoms with E-state index in [2.05, 4.69) is 27.6 Å². The van der Waals surface area contributed by atoms with Gasteiger partial charge in [-0.15, -0.1) is 0 Å². The Labute approximate surface area is 127 Å². The van der Waals surface area contributed by atoms with E-state index in [4.69, 9.17) is 25.9 Å². The molecule has 1 aromatic heterocycles. The van der Waals surface area contributed by atoms with Crippen molar-refractivity contribution in [2.24, 2.45) is 0 Å². The number of aromatic nitrogens is 1. The minimum absolute atomic E-state index is 0.0717. The van der Waals surface area contributed by atoms with E-state index in [1.165, 1.54) is 7.11 Å². The Morgan fingerprint density at radius 2 is 2.32 bits per heavy atom. The molecule has 7 heteroatoms. The van der Waals surface area contributed by atoms with Gasteiger partial charge < -0.3 is 14.3 Å². The lowest BCUT2D eigenvalue weighted by molar-refractivity contribution is 0.0656. The van der Waals surface area contributed by atoms with Gasteiger partial charge in [0.25, 0.3) is 0 Å². The van der Waals surface area contributed by atoms with Gasteiger partial charge in [-0.1, -0.05) is 11.6 Å². The van der Waals surface area contributed by atoms with Crippen LogP contribution in [0, 0.1) is 3.57 Å². The lowest BCUT2D eigenvalue weighted by atomic mass is 10.2. The van der Waals surface area contributed by atoms with Gasteiger partial charge in [0.2, 0.25) is 11.7 Å². The number of carbonyl (C=O) groups is 1. The number of nitrogens with zero attached hydrogens (tertiary/aromatic N) is 1. The summed E-state index contributed by atoms with van der Waals surface area (Å²) in [7, 11) is 1.46. The third-order valence-electron chi connectivity index (χ3n) is 2.33. The van der Waals surface area contributed by atoms with E-state index in [9.17, 15) is 4.79 Å². The van der Waals surface area contributed by atoms with Crippen molar-refractivity contribution in [1.82, 2.24) is 4.98 Å². The summed E-state index contributed by atoms with van der Waals surface area (Å²) in [6.45, 7) is 0.0717. The molecule has 1 N–H and O–H groups in total. The van der Waals surface area contributed by atoms with Gasteiger partial charge in [-0.3, -0.25) is 0 Å². The van der Waals surface area contributed by atoms with Crippen molar-refractivity contribution in [3.63, 3.8) is 0 Å². The number of benzene rings is 1. The standard InChI is InChI=1S/C12H9ClINO4/c1-18-5-9-10(12(16)17)19-11(15-9)7-4-6(13)2-3-8(7)14/h2-4H,5H2,1H3,(H,16,17). The Balaban J connectivity index is 2.53. The van der Waals surface area contributed by atoms with Crippen LogP contribution in [-0.2, 0) is 11.3 Å². The average molecular weight is 394 g/mol. The fourth-order valence-electron chi connectivity index (χ4n) is 1.53. The first-order chi connectivity index (χ1) is 9.02. The van der Waals surface area contributed by atoms with E-state index in [0.717, 1.165) is 3.57 Å². The molecular weight excluding hydrogens is 384 g/mol. The van der Waals surface area contributed by atoms with Crippen molar-refractivity contribution < 1.29 is 19.1 Å². The summed E-state index contributed by atoms with van der Waals surface area (Å²) >= 11 is 8.03. The molecule has 0 atom stereocenters. The van der Waals surface area contributed by atoms with E-state index in [-0.39, 0.29) is 24.0 Å². The fraction of sp³-hybridized carbons (Fsp3) is 0.167. The molecule has 0 aliphatic rings. The maximum absolute atomic E-state index is 11.1. The number of oxazole rings is 1. The zero-order chi connectivity index (χ0) is 14.0. The second-order valence-electron chi connectivity index (χ2n) is 3.66. The maximum atomic E-state index is 11.1. The molecule has 0 radical (unpaired) electrons. The molecule has 0 aliphatic carbocycles. The molecule has 19 heavy (non-hydrogen) atoms. The summed E-state index contributed by atoms with van der Waals surface area (Å²) in [5.41, 5.74) is 0.902. The van der Waals surface area contributed by atoms with Gasteiger partial charge >= 0.3 is 5.97 Å². The predicted molar refractivity (Wildman–Crippen MR) is 77.3 cm³/mol. The number of carboxylic acid groups (broad SMARTS) is 1. The highest BCUT2D eigenvalue weighted by Crippen LogP contribution is 2.29. The Bertz CT molecular complexity index is 626. The van der Waals surface area contributed by atoms with E-state index in [1.807, 2.05) is 0 Å². The normalized spacial score (nSPS) is 10.7. The number of halogens is 2. The van der Waals surface area contributed by atoms with E-state index in [1.54, 1.807) is 18.2 Å². The third-order valence-corrected chi connectivity index (χ3v) is 3.51. The summed E-state index contributed by atoms with van der Waals surface area (Å²) in [6, 6.07) is 5.22. The minimum atomic E-state index is -1.18. The first kappa shape index (κ1) is 14.3. The van der Waals surface area contributed by atoms with Crippen LogP contribution in [-0.4, -0.2) is 23.2 Å². The van der Waals surface area contributed by atoms with E-state index < -0.39 is 5.97 Å². The second-order valence-corrected chi connectivity index (χ2v) is 5.26. The molecule has 5 nitrogen and oxygen atoms in total. The molecule has 2 aromatic rings. The van der Waals surface area contributed by atoms with Crippen LogP contribution in [0.4, 0.5) is 0 Å². The van der Waals surface area contributed by atoms with Gasteiger partial charge in [-0.25, -0.2) is 9.78 Å². The van der Waals surface area contributed by atoms with Crippen LogP contribution in [0.5, 0.6) is 0 Å². The van der Waals surface area contributed by atoms with E-state index >= 15 is 0 Å². The van der Waals surface area contributed by atoms with Gasteiger partial charge in [-0.05, 0) is 40.8 Å². The van der Waals surface area contributed by atoms with Crippen molar-refractivity contribution in [2.45, 2.75) is 6.61 Å². The largest absolute Gasteiger partial charge is 0.475 e. The van der Waals surface area contributed by atoms with Gasteiger partial charge in [0, 0.05) is 15.7 Å². The molecule has 0 amide bonds. The van der Waals surface area contributed by atoms with Crippen LogP contribution >= 0.6 is 34.2 Å². The molecule has 0 fully saturated rings. The maximum Gasteiger partial charge on any atom is 0.373 e. The van der Waals surface area contributed by atoms with Crippen LogP contribution in [0.3, 0.4) is 0 Å². The molecule has 0 spiro atoms. The monoisotopic (exact) mass is 393 g/mol. The van der Waals surface area contributed by atoms with Crippen molar-refractivity contribution >= 4 is 40.2 Å². The van der Waals surface area contributed by atoms with Crippen molar-refractivity contribution in [3.05, 3.63) is 38.2 Å². The molecular formula is C12H9ClINO4. The number of carboxylic acids is 1. The Kier molecular flexibility index (Phi) is 4.43. The van der Waals surface area contributed by atoms with Crippen molar-refractivity contribution in [2.75, 3.05) is 7.11 Å². The van der Waals surface area contributed by atoms with Crippen LogP contribution in [0.15, 0.2) is 22.6 Å². The number of hydrogen-bond donors (Lipinski definition) is 1. The molecule has 0 unspecified atom stereocenters. The molecule has 100 valence electrons. The van der Waals surface area contributed by atoms with Gasteiger partial charge in [-0.2, -0.15) is 0 Å². The van der Waals surface area contributed by atoms with Crippen LogP contribution in [0.2, 0.25) is 5.02 Å². The molecule has 0 aliphatic heterocycles. The SMILES string of the molecule is COCc1nc(-c2cc(Cl)ccc2I)oc1C(=O)O. The predicted octanol–water partition coefficient (Wildman–Crippen LogP) is 3.44. The lowest BCUT2D eigenvalue weighted by Gasteiger charge is -1.99.